The van der Waals surface area contributed by atoms with Crippen LogP contribution in [0.2, 0.25) is 0 Å². The lowest BCUT2D eigenvalue weighted by atomic mass is 10.1. The lowest BCUT2D eigenvalue weighted by Gasteiger charge is -2.18. The first-order valence-electron chi connectivity index (χ1n) is 10.1. The monoisotopic (exact) mass is 423 g/mol. The summed E-state index contributed by atoms with van der Waals surface area (Å²) in [5.74, 6) is 0.825. The molecule has 1 aliphatic rings. The van der Waals surface area contributed by atoms with E-state index in [0.29, 0.717) is 24.3 Å². The van der Waals surface area contributed by atoms with Gasteiger partial charge in [-0.15, -0.1) is 0 Å². The lowest BCUT2D eigenvalue weighted by molar-refractivity contribution is -0.0351. The van der Waals surface area contributed by atoms with Crippen molar-refractivity contribution in [1.82, 2.24) is 9.55 Å². The van der Waals surface area contributed by atoms with Gasteiger partial charge in [-0.05, 0) is 30.2 Å². The van der Waals surface area contributed by atoms with Crippen molar-refractivity contribution in [3.63, 3.8) is 0 Å². The number of aromatic nitrogens is 2. The molecule has 0 bridgehead atoms. The van der Waals surface area contributed by atoms with Gasteiger partial charge in [0.2, 0.25) is 0 Å². The Morgan fingerprint density at radius 2 is 1.84 bits per heavy atom. The highest BCUT2D eigenvalue weighted by molar-refractivity contribution is 5.42. The number of ether oxygens (including phenoxy) is 2. The summed E-state index contributed by atoms with van der Waals surface area (Å²) in [4.78, 5) is 16.2. The fourth-order valence-corrected chi connectivity index (χ4v) is 3.60. The number of aliphatic hydroxyl groups is 2. The second-order valence-electron chi connectivity index (χ2n) is 7.65. The van der Waals surface area contributed by atoms with Crippen molar-refractivity contribution in [1.29, 1.82) is 0 Å². The Balaban J connectivity index is 1.53. The van der Waals surface area contributed by atoms with Gasteiger partial charge in [-0.3, -0.25) is 4.57 Å². The molecule has 1 aromatic heterocycles. The molecule has 3 aromatic rings. The normalized spacial score (nSPS) is 23.1. The summed E-state index contributed by atoms with van der Waals surface area (Å²) in [6.07, 6.45) is -2.02. The van der Waals surface area contributed by atoms with E-state index in [0.717, 1.165) is 11.1 Å². The van der Waals surface area contributed by atoms with Gasteiger partial charge in [0.15, 0.2) is 6.23 Å². The third kappa shape index (κ3) is 4.61. The zero-order valence-corrected chi connectivity index (χ0v) is 17.1. The number of anilines is 1. The fourth-order valence-electron chi connectivity index (χ4n) is 3.60. The van der Waals surface area contributed by atoms with Gasteiger partial charge in [-0.2, -0.15) is 4.98 Å². The summed E-state index contributed by atoms with van der Waals surface area (Å²) >= 11 is 0. The summed E-state index contributed by atoms with van der Waals surface area (Å²) in [7, 11) is 0. The van der Waals surface area contributed by atoms with E-state index in [1.54, 1.807) is 6.92 Å². The second-order valence-corrected chi connectivity index (χ2v) is 7.65. The molecule has 4 N–H and O–H groups in total. The van der Waals surface area contributed by atoms with Crippen molar-refractivity contribution < 1.29 is 19.7 Å². The Morgan fingerprint density at radius 1 is 1.10 bits per heavy atom. The molecule has 8 nitrogen and oxygen atoms in total. The van der Waals surface area contributed by atoms with Gasteiger partial charge in [-0.25, -0.2) is 4.79 Å². The molecule has 0 spiro atoms. The molecule has 2 aromatic carbocycles. The molecule has 2 heterocycles. The average molecular weight is 423 g/mol. The van der Waals surface area contributed by atoms with Crippen LogP contribution in [-0.2, 0) is 17.8 Å². The topological polar surface area (TPSA) is 120 Å². The largest absolute Gasteiger partial charge is 0.489 e. The molecule has 2 unspecified atom stereocenters. The standard InChI is InChI=1S/C23H25N3O5/c1-14-19(27)20(28)22(31-14)26-12-17(21(24)25-23(26)29)10-16-8-5-9-18(11-16)30-13-15-6-3-2-4-7-15/h2-9,11-12,14,19-20,22,27-28H,10,13H2,1H3,(H2,24,25,29)/t14-,19?,20?,22-/m1/s1. The summed E-state index contributed by atoms with van der Waals surface area (Å²) in [5, 5.41) is 20.2. The number of aliphatic hydroxyl groups excluding tert-OH is 2. The van der Waals surface area contributed by atoms with Crippen molar-refractivity contribution >= 4 is 5.82 Å². The maximum absolute atomic E-state index is 12.3. The Hall–Kier alpha value is -3.20. The molecular formula is C23H25N3O5. The molecule has 8 heteroatoms. The van der Waals surface area contributed by atoms with Crippen LogP contribution in [0.3, 0.4) is 0 Å². The maximum atomic E-state index is 12.3. The minimum Gasteiger partial charge on any atom is -0.489 e. The molecular weight excluding hydrogens is 398 g/mol. The van der Waals surface area contributed by atoms with Crippen molar-refractivity contribution in [2.45, 2.75) is 44.5 Å². The Morgan fingerprint density at radius 3 is 2.55 bits per heavy atom. The summed E-state index contributed by atoms with van der Waals surface area (Å²) in [6.45, 7) is 2.09. The maximum Gasteiger partial charge on any atom is 0.351 e. The zero-order chi connectivity index (χ0) is 22.0. The van der Waals surface area contributed by atoms with E-state index in [9.17, 15) is 15.0 Å². The molecule has 0 amide bonds. The molecule has 31 heavy (non-hydrogen) atoms. The summed E-state index contributed by atoms with van der Waals surface area (Å²) in [6, 6.07) is 17.5. The summed E-state index contributed by atoms with van der Waals surface area (Å²) < 4.78 is 12.6. The van der Waals surface area contributed by atoms with Crippen LogP contribution < -0.4 is 16.2 Å². The summed E-state index contributed by atoms with van der Waals surface area (Å²) in [5.41, 5.74) is 7.94. The third-order valence-electron chi connectivity index (χ3n) is 5.35. The van der Waals surface area contributed by atoms with Gasteiger partial charge >= 0.3 is 5.69 Å². The highest BCUT2D eigenvalue weighted by atomic mass is 16.6. The number of nitrogens with zero attached hydrogens (tertiary/aromatic N) is 2. The average Bonchev–Trinajstić information content (AvgIpc) is 3.02. The van der Waals surface area contributed by atoms with Gasteiger partial charge in [-0.1, -0.05) is 42.5 Å². The van der Waals surface area contributed by atoms with E-state index in [2.05, 4.69) is 4.98 Å². The quantitative estimate of drug-likeness (QED) is 0.551. The SMILES string of the molecule is C[C@H]1O[C@@H](n2cc(Cc3cccc(OCc4ccccc4)c3)c(N)nc2=O)C(O)C1O. The number of nitrogen functional groups attached to an aromatic ring is 1. The van der Waals surface area contributed by atoms with E-state index in [1.165, 1.54) is 10.8 Å². The number of rotatable bonds is 6. The molecule has 1 fully saturated rings. The number of benzene rings is 2. The molecule has 0 radical (unpaired) electrons. The van der Waals surface area contributed by atoms with Crippen LogP contribution in [0.25, 0.3) is 0 Å². The van der Waals surface area contributed by atoms with Crippen LogP contribution in [0.4, 0.5) is 5.82 Å². The van der Waals surface area contributed by atoms with E-state index >= 15 is 0 Å². The highest BCUT2D eigenvalue weighted by Gasteiger charge is 2.41. The first-order valence-corrected chi connectivity index (χ1v) is 10.1. The van der Waals surface area contributed by atoms with Crippen molar-refractivity contribution in [2.24, 2.45) is 0 Å². The zero-order valence-electron chi connectivity index (χ0n) is 17.1. The van der Waals surface area contributed by atoms with E-state index in [4.69, 9.17) is 15.2 Å². The lowest BCUT2D eigenvalue weighted by Crippen LogP contribution is -2.36. The van der Waals surface area contributed by atoms with Crippen molar-refractivity contribution in [3.8, 4) is 5.75 Å². The van der Waals surface area contributed by atoms with Crippen molar-refractivity contribution in [3.05, 3.63) is 88.0 Å². The smallest absolute Gasteiger partial charge is 0.351 e. The molecule has 0 saturated carbocycles. The van der Waals surface area contributed by atoms with E-state index < -0.39 is 30.2 Å². The van der Waals surface area contributed by atoms with Gasteiger partial charge in [0.1, 0.15) is 30.4 Å². The molecule has 1 aliphatic heterocycles. The van der Waals surface area contributed by atoms with Crippen LogP contribution in [0.1, 0.15) is 29.8 Å². The first kappa shape index (κ1) is 21.0. The fraction of sp³-hybridized carbons (Fsp3) is 0.304. The molecule has 162 valence electrons. The first-order chi connectivity index (χ1) is 14.9. The number of nitrogens with two attached hydrogens (primary N) is 1. The van der Waals surface area contributed by atoms with Crippen molar-refractivity contribution in [2.75, 3.05) is 5.73 Å². The predicted molar refractivity (Wildman–Crippen MR) is 115 cm³/mol. The minimum atomic E-state index is -1.24. The molecule has 0 aliphatic carbocycles. The van der Waals surface area contributed by atoms with Crippen LogP contribution in [0, 0.1) is 0 Å². The Bertz CT molecular complexity index is 1100. The van der Waals surface area contributed by atoms with Crippen LogP contribution in [0.5, 0.6) is 5.75 Å². The van der Waals surface area contributed by atoms with Crippen LogP contribution >= 0.6 is 0 Å². The van der Waals surface area contributed by atoms with Gasteiger partial charge < -0.3 is 25.4 Å². The number of hydrogen-bond acceptors (Lipinski definition) is 7. The van der Waals surface area contributed by atoms with Gasteiger partial charge in [0, 0.05) is 18.2 Å². The van der Waals surface area contributed by atoms with E-state index in [1.807, 2.05) is 54.6 Å². The van der Waals surface area contributed by atoms with Crippen LogP contribution in [0.15, 0.2) is 65.6 Å². The Kier molecular flexibility index (Phi) is 6.03. The third-order valence-corrected chi connectivity index (χ3v) is 5.35. The molecule has 1 saturated heterocycles. The van der Waals surface area contributed by atoms with E-state index in [-0.39, 0.29) is 5.82 Å². The minimum absolute atomic E-state index is 0.109. The number of hydrogen-bond donors (Lipinski definition) is 3. The van der Waals surface area contributed by atoms with Crippen LogP contribution in [-0.4, -0.2) is 38.1 Å². The predicted octanol–water partition coefficient (Wildman–Crippen LogP) is 1.63. The Labute approximate surface area is 179 Å². The van der Waals surface area contributed by atoms with Gasteiger partial charge in [0.05, 0.1) is 6.10 Å². The second kappa shape index (κ2) is 8.89. The molecule has 4 rings (SSSR count). The molecule has 4 atom stereocenters. The van der Waals surface area contributed by atoms with Gasteiger partial charge in [0.25, 0.3) is 0 Å². The highest BCUT2D eigenvalue weighted by Crippen LogP contribution is 2.29.